The SMILES string of the molecule is Cc1ccc(-c2nnc(S[C@H](C)C(=O)N[C@@](C)(C#N)C(C)C)o2)cc1C. The molecule has 6 nitrogen and oxygen atoms in total. The van der Waals surface area contributed by atoms with E-state index in [9.17, 15) is 10.1 Å². The number of nitrogens with one attached hydrogen (secondary N) is 1. The lowest BCUT2D eigenvalue weighted by Gasteiger charge is -2.28. The van der Waals surface area contributed by atoms with Gasteiger partial charge in [-0.3, -0.25) is 4.79 Å². The molecule has 7 heteroatoms. The molecule has 1 heterocycles. The van der Waals surface area contributed by atoms with E-state index < -0.39 is 10.8 Å². The molecule has 138 valence electrons. The standard InChI is InChI=1S/C19H24N4O2S/c1-11(2)19(6,10-20)21-16(24)14(5)26-18-23-22-17(25-18)15-8-7-12(3)13(4)9-15/h7-9,11,14H,1-6H3,(H,21,24)/t14-,19+/m1/s1. The van der Waals surface area contributed by atoms with Crippen LogP contribution in [0.2, 0.25) is 0 Å². The maximum absolute atomic E-state index is 12.4. The number of nitrogens with zero attached hydrogens (tertiary/aromatic N) is 3. The van der Waals surface area contributed by atoms with Crippen LogP contribution in [-0.4, -0.2) is 26.9 Å². The molecule has 0 aliphatic rings. The van der Waals surface area contributed by atoms with Gasteiger partial charge >= 0.3 is 0 Å². The molecule has 1 aromatic heterocycles. The molecule has 0 radical (unpaired) electrons. The molecule has 0 aliphatic heterocycles. The van der Waals surface area contributed by atoms with Crippen molar-refractivity contribution in [3.05, 3.63) is 29.3 Å². The minimum atomic E-state index is -0.911. The Hall–Kier alpha value is -2.33. The monoisotopic (exact) mass is 372 g/mol. The van der Waals surface area contributed by atoms with Crippen LogP contribution in [0.5, 0.6) is 0 Å². The largest absolute Gasteiger partial charge is 0.411 e. The summed E-state index contributed by atoms with van der Waals surface area (Å²) >= 11 is 1.18. The Labute approximate surface area is 158 Å². The molecule has 1 amide bonds. The van der Waals surface area contributed by atoms with Gasteiger partial charge in [-0.1, -0.05) is 31.7 Å². The van der Waals surface area contributed by atoms with Gasteiger partial charge in [-0.2, -0.15) is 5.26 Å². The first kappa shape index (κ1) is 20.0. The van der Waals surface area contributed by atoms with Crippen molar-refractivity contribution in [2.75, 3.05) is 0 Å². The van der Waals surface area contributed by atoms with Gasteiger partial charge in [0.15, 0.2) is 0 Å². The molecule has 0 fully saturated rings. The number of rotatable bonds is 6. The second kappa shape index (κ2) is 7.92. The zero-order chi connectivity index (χ0) is 19.5. The minimum absolute atomic E-state index is 0.00608. The second-order valence-corrected chi connectivity index (χ2v) is 8.18. The molecule has 26 heavy (non-hydrogen) atoms. The van der Waals surface area contributed by atoms with Crippen molar-refractivity contribution in [1.29, 1.82) is 5.26 Å². The van der Waals surface area contributed by atoms with E-state index in [0.29, 0.717) is 11.1 Å². The van der Waals surface area contributed by atoms with Gasteiger partial charge in [-0.25, -0.2) is 0 Å². The molecular formula is C19H24N4O2S. The lowest BCUT2D eigenvalue weighted by Crippen LogP contribution is -2.51. The summed E-state index contributed by atoms with van der Waals surface area (Å²) in [6.07, 6.45) is 0. The smallest absolute Gasteiger partial charge is 0.277 e. The van der Waals surface area contributed by atoms with E-state index in [1.165, 1.54) is 17.3 Å². The number of aryl methyl sites for hydroxylation is 2. The fourth-order valence-corrected chi connectivity index (χ4v) is 2.80. The maximum atomic E-state index is 12.4. The first-order valence-electron chi connectivity index (χ1n) is 8.47. The third-order valence-electron chi connectivity index (χ3n) is 4.58. The van der Waals surface area contributed by atoms with Gasteiger partial charge in [0.1, 0.15) is 5.54 Å². The number of hydrogen-bond donors (Lipinski definition) is 1. The van der Waals surface area contributed by atoms with E-state index in [0.717, 1.165) is 11.1 Å². The van der Waals surface area contributed by atoms with E-state index in [1.807, 2.05) is 45.9 Å². The number of carbonyl (C=O) groups is 1. The Morgan fingerprint density at radius 3 is 2.54 bits per heavy atom. The van der Waals surface area contributed by atoms with Crippen LogP contribution in [-0.2, 0) is 4.79 Å². The molecule has 1 aromatic carbocycles. The molecule has 0 saturated carbocycles. The third kappa shape index (κ3) is 4.44. The number of hydrogen-bond acceptors (Lipinski definition) is 6. The van der Waals surface area contributed by atoms with Crippen LogP contribution in [0.25, 0.3) is 11.5 Å². The summed E-state index contributed by atoms with van der Waals surface area (Å²) in [6.45, 7) is 11.3. The van der Waals surface area contributed by atoms with Gasteiger partial charge in [-0.05, 0) is 56.9 Å². The Kier molecular flexibility index (Phi) is 6.09. The topological polar surface area (TPSA) is 91.8 Å². The zero-order valence-electron chi connectivity index (χ0n) is 16.0. The van der Waals surface area contributed by atoms with Crippen molar-refractivity contribution in [3.8, 4) is 17.5 Å². The van der Waals surface area contributed by atoms with Gasteiger partial charge in [-0.15, -0.1) is 10.2 Å². The molecule has 0 spiro atoms. The number of aromatic nitrogens is 2. The average molecular weight is 372 g/mol. The van der Waals surface area contributed by atoms with E-state index in [-0.39, 0.29) is 11.8 Å². The number of amides is 1. The summed E-state index contributed by atoms with van der Waals surface area (Å²) in [6, 6.07) is 8.10. The van der Waals surface area contributed by atoms with Crippen molar-refractivity contribution in [1.82, 2.24) is 15.5 Å². The molecule has 0 bridgehead atoms. The Morgan fingerprint density at radius 2 is 1.96 bits per heavy atom. The predicted molar refractivity (Wildman–Crippen MR) is 102 cm³/mol. The Morgan fingerprint density at radius 1 is 1.27 bits per heavy atom. The molecule has 0 unspecified atom stereocenters. The summed E-state index contributed by atoms with van der Waals surface area (Å²) in [4.78, 5) is 12.4. The number of thioether (sulfide) groups is 1. The highest BCUT2D eigenvalue weighted by Gasteiger charge is 2.32. The average Bonchev–Trinajstić information content (AvgIpc) is 3.05. The molecule has 2 aromatic rings. The highest BCUT2D eigenvalue weighted by Crippen LogP contribution is 2.28. The normalized spacial score (nSPS) is 14.5. The Balaban J connectivity index is 2.07. The number of benzene rings is 1. The Bertz CT molecular complexity index is 840. The molecule has 2 atom stereocenters. The second-order valence-electron chi connectivity index (χ2n) is 6.89. The van der Waals surface area contributed by atoms with Crippen molar-refractivity contribution >= 4 is 17.7 Å². The van der Waals surface area contributed by atoms with E-state index in [2.05, 4.69) is 21.6 Å². The van der Waals surface area contributed by atoms with Gasteiger partial charge in [0.05, 0.1) is 11.3 Å². The van der Waals surface area contributed by atoms with Crippen molar-refractivity contribution in [2.45, 2.75) is 57.6 Å². The molecular weight excluding hydrogens is 348 g/mol. The highest BCUT2D eigenvalue weighted by atomic mass is 32.2. The fraction of sp³-hybridized carbons (Fsp3) is 0.474. The van der Waals surface area contributed by atoms with Crippen LogP contribution in [0.3, 0.4) is 0 Å². The van der Waals surface area contributed by atoms with Crippen LogP contribution in [0, 0.1) is 31.1 Å². The van der Waals surface area contributed by atoms with E-state index in [1.54, 1.807) is 13.8 Å². The van der Waals surface area contributed by atoms with Gasteiger partial charge < -0.3 is 9.73 Å². The zero-order valence-corrected chi connectivity index (χ0v) is 16.8. The van der Waals surface area contributed by atoms with Gasteiger partial charge in [0, 0.05) is 5.56 Å². The first-order chi connectivity index (χ1) is 12.2. The molecule has 1 N–H and O–H groups in total. The van der Waals surface area contributed by atoms with Crippen LogP contribution in [0.4, 0.5) is 0 Å². The summed E-state index contributed by atoms with van der Waals surface area (Å²) < 4.78 is 5.69. The van der Waals surface area contributed by atoms with Crippen LogP contribution in [0.15, 0.2) is 27.8 Å². The number of nitriles is 1. The lowest BCUT2D eigenvalue weighted by atomic mass is 9.90. The maximum Gasteiger partial charge on any atom is 0.277 e. The van der Waals surface area contributed by atoms with E-state index in [4.69, 9.17) is 4.42 Å². The van der Waals surface area contributed by atoms with Crippen molar-refractivity contribution in [2.24, 2.45) is 5.92 Å². The molecule has 0 aliphatic carbocycles. The summed E-state index contributed by atoms with van der Waals surface area (Å²) in [5.74, 6) is 0.180. The summed E-state index contributed by atoms with van der Waals surface area (Å²) in [7, 11) is 0. The third-order valence-corrected chi connectivity index (χ3v) is 5.51. The van der Waals surface area contributed by atoms with E-state index >= 15 is 0 Å². The fourth-order valence-electron chi connectivity index (χ4n) is 2.11. The minimum Gasteiger partial charge on any atom is -0.411 e. The number of carbonyl (C=O) groups excluding carboxylic acids is 1. The summed E-state index contributed by atoms with van der Waals surface area (Å²) in [5, 5.41) is 20.1. The van der Waals surface area contributed by atoms with Crippen LogP contribution < -0.4 is 5.32 Å². The van der Waals surface area contributed by atoms with Crippen molar-refractivity contribution < 1.29 is 9.21 Å². The predicted octanol–water partition coefficient (Wildman–Crippen LogP) is 3.89. The lowest BCUT2D eigenvalue weighted by molar-refractivity contribution is -0.121. The molecule has 2 rings (SSSR count). The highest BCUT2D eigenvalue weighted by molar-refractivity contribution is 8.00. The first-order valence-corrected chi connectivity index (χ1v) is 9.35. The van der Waals surface area contributed by atoms with Gasteiger partial charge in [0.2, 0.25) is 11.8 Å². The van der Waals surface area contributed by atoms with Crippen LogP contribution in [0.1, 0.15) is 38.8 Å². The quantitative estimate of drug-likeness (QED) is 0.774. The van der Waals surface area contributed by atoms with Gasteiger partial charge in [0.25, 0.3) is 5.22 Å². The molecule has 0 saturated heterocycles. The van der Waals surface area contributed by atoms with Crippen LogP contribution >= 0.6 is 11.8 Å². The van der Waals surface area contributed by atoms with Crippen molar-refractivity contribution in [3.63, 3.8) is 0 Å². The summed E-state index contributed by atoms with van der Waals surface area (Å²) in [5.41, 5.74) is 2.28.